The number of furan rings is 1. The van der Waals surface area contributed by atoms with Gasteiger partial charge < -0.3 is 4.42 Å². The van der Waals surface area contributed by atoms with Crippen molar-refractivity contribution < 1.29 is 8.98 Å². The summed E-state index contributed by atoms with van der Waals surface area (Å²) in [4.78, 5) is 0. The lowest BCUT2D eigenvalue weighted by molar-refractivity contribution is -0.646. The molecule has 0 unspecified atom stereocenters. The number of hydrogen-bond acceptors (Lipinski definition) is 2. The maximum absolute atomic E-state index is 5.91. The van der Waals surface area contributed by atoms with E-state index in [2.05, 4.69) is 42.8 Å². The largest absolute Gasteiger partial charge is 0.456 e. The Bertz CT molecular complexity index is 901. The number of benzene rings is 2. The minimum atomic E-state index is 0.963. The molecule has 0 bridgehead atoms. The fraction of sp³-hybridized carbons (Fsp3) is 0.133. The van der Waals surface area contributed by atoms with E-state index in [0.29, 0.717) is 0 Å². The maximum atomic E-state index is 5.91. The molecule has 0 spiro atoms. The van der Waals surface area contributed by atoms with Crippen LogP contribution in [0.2, 0.25) is 0 Å². The number of rotatable bonds is 0. The van der Waals surface area contributed by atoms with Crippen molar-refractivity contribution in [2.75, 3.05) is 0 Å². The number of aromatic nitrogens is 1. The second-order valence-corrected chi connectivity index (χ2v) is 5.83. The second-order valence-electron chi connectivity index (χ2n) is 4.59. The Morgan fingerprint density at radius 1 is 1.06 bits per heavy atom. The van der Waals surface area contributed by atoms with Crippen LogP contribution in [-0.2, 0) is 7.05 Å². The molecule has 0 aliphatic heterocycles. The molecule has 2 aromatic heterocycles. The molecule has 3 heteroatoms. The molecular weight excluding hydrogens is 242 g/mol. The van der Waals surface area contributed by atoms with Gasteiger partial charge in [0.05, 0.1) is 0 Å². The van der Waals surface area contributed by atoms with E-state index < -0.39 is 0 Å². The molecule has 0 radical (unpaired) electrons. The first-order valence-electron chi connectivity index (χ1n) is 5.94. The van der Waals surface area contributed by atoms with Gasteiger partial charge in [-0.2, -0.15) is 4.57 Å². The van der Waals surface area contributed by atoms with Gasteiger partial charge in [0.25, 0.3) is 0 Å². The Labute approximate surface area is 108 Å². The fourth-order valence-corrected chi connectivity index (χ4v) is 3.50. The summed E-state index contributed by atoms with van der Waals surface area (Å²) in [7, 11) is 2.11. The van der Waals surface area contributed by atoms with E-state index >= 15 is 0 Å². The molecule has 0 atom stereocenters. The van der Waals surface area contributed by atoms with Crippen LogP contribution < -0.4 is 4.57 Å². The van der Waals surface area contributed by atoms with Crippen molar-refractivity contribution in [3.63, 3.8) is 0 Å². The first-order chi connectivity index (χ1) is 8.74. The minimum Gasteiger partial charge on any atom is -0.456 e. The lowest BCUT2D eigenvalue weighted by atomic mass is 10.1. The second kappa shape index (κ2) is 3.33. The Morgan fingerprint density at radius 3 is 2.78 bits per heavy atom. The maximum Gasteiger partial charge on any atom is 0.234 e. The average molecular weight is 254 g/mol. The number of thiazole rings is 1. The molecule has 0 saturated carbocycles. The van der Waals surface area contributed by atoms with Gasteiger partial charge >= 0.3 is 0 Å². The number of fused-ring (bicyclic) bond motifs is 4. The highest BCUT2D eigenvalue weighted by molar-refractivity contribution is 7.18. The van der Waals surface area contributed by atoms with Crippen LogP contribution >= 0.6 is 11.3 Å². The molecule has 4 aromatic rings. The molecular formula is C15H12NOS+. The van der Waals surface area contributed by atoms with Crippen LogP contribution in [0.1, 0.15) is 5.01 Å². The van der Waals surface area contributed by atoms with Gasteiger partial charge in [0.1, 0.15) is 22.9 Å². The third kappa shape index (κ3) is 1.20. The minimum absolute atomic E-state index is 0.963. The summed E-state index contributed by atoms with van der Waals surface area (Å²) in [5, 5.41) is 3.70. The molecule has 18 heavy (non-hydrogen) atoms. The van der Waals surface area contributed by atoms with E-state index in [1.54, 1.807) is 11.3 Å². The molecule has 0 aliphatic rings. The number of nitrogens with zero attached hydrogens (tertiary/aromatic N) is 1. The number of aryl methyl sites for hydroxylation is 2. The van der Waals surface area contributed by atoms with E-state index in [1.807, 2.05) is 12.1 Å². The highest BCUT2D eigenvalue weighted by Crippen LogP contribution is 2.32. The molecule has 0 fully saturated rings. The average Bonchev–Trinajstić information content (AvgIpc) is 2.86. The smallest absolute Gasteiger partial charge is 0.234 e. The Hall–Kier alpha value is -1.87. The first-order valence-corrected chi connectivity index (χ1v) is 6.76. The predicted molar refractivity (Wildman–Crippen MR) is 75.0 cm³/mol. The van der Waals surface area contributed by atoms with E-state index in [-0.39, 0.29) is 0 Å². The van der Waals surface area contributed by atoms with Crippen molar-refractivity contribution in [1.29, 1.82) is 0 Å². The molecule has 0 saturated heterocycles. The molecule has 2 aromatic carbocycles. The summed E-state index contributed by atoms with van der Waals surface area (Å²) >= 11 is 1.81. The van der Waals surface area contributed by atoms with Gasteiger partial charge in [0.2, 0.25) is 10.5 Å². The SMILES string of the molecule is Cc1sc2cc3oc4ccccc4c3cc2[n+]1C. The zero-order valence-electron chi connectivity index (χ0n) is 10.2. The lowest BCUT2D eigenvalue weighted by Crippen LogP contribution is -2.28. The van der Waals surface area contributed by atoms with Crippen molar-refractivity contribution in [3.05, 3.63) is 41.4 Å². The molecule has 0 amide bonds. The van der Waals surface area contributed by atoms with E-state index in [0.717, 1.165) is 11.2 Å². The van der Waals surface area contributed by atoms with Crippen LogP contribution in [0.3, 0.4) is 0 Å². The van der Waals surface area contributed by atoms with Crippen LogP contribution in [-0.4, -0.2) is 0 Å². The Kier molecular flexibility index (Phi) is 1.87. The topological polar surface area (TPSA) is 17.0 Å². The third-order valence-electron chi connectivity index (χ3n) is 3.55. The summed E-state index contributed by atoms with van der Waals surface area (Å²) in [6.07, 6.45) is 0. The monoisotopic (exact) mass is 254 g/mol. The summed E-state index contributed by atoms with van der Waals surface area (Å²) in [6.45, 7) is 2.14. The molecule has 2 nitrogen and oxygen atoms in total. The molecule has 0 N–H and O–H groups in total. The number of para-hydroxylation sites is 1. The van der Waals surface area contributed by atoms with Gasteiger partial charge in [-0.1, -0.05) is 29.5 Å². The number of hydrogen-bond donors (Lipinski definition) is 0. The van der Waals surface area contributed by atoms with Crippen molar-refractivity contribution >= 4 is 43.5 Å². The standard InChI is InChI=1S/C15H12NOS/c1-9-16(2)12-7-11-10-5-3-4-6-13(10)17-14(11)8-15(12)18-9/h3-8H,1-2H3/q+1. The van der Waals surface area contributed by atoms with E-state index in [9.17, 15) is 0 Å². The van der Waals surface area contributed by atoms with Gasteiger partial charge in [-0.25, -0.2) is 0 Å². The summed E-state index contributed by atoms with van der Waals surface area (Å²) < 4.78 is 9.42. The van der Waals surface area contributed by atoms with E-state index in [1.165, 1.54) is 26.0 Å². The quantitative estimate of drug-likeness (QED) is 0.434. The van der Waals surface area contributed by atoms with Crippen molar-refractivity contribution in [2.24, 2.45) is 7.05 Å². The predicted octanol–water partition coefficient (Wildman–Crippen LogP) is 3.93. The third-order valence-corrected chi connectivity index (χ3v) is 4.67. The van der Waals surface area contributed by atoms with Crippen LogP contribution in [0.4, 0.5) is 0 Å². The highest BCUT2D eigenvalue weighted by Gasteiger charge is 2.16. The van der Waals surface area contributed by atoms with Gasteiger partial charge in [-0.15, -0.1) is 0 Å². The molecule has 4 rings (SSSR count). The van der Waals surface area contributed by atoms with Crippen molar-refractivity contribution in [2.45, 2.75) is 6.92 Å². The molecule has 88 valence electrons. The van der Waals surface area contributed by atoms with Crippen LogP contribution in [0.5, 0.6) is 0 Å². The van der Waals surface area contributed by atoms with Gasteiger partial charge in [0.15, 0.2) is 0 Å². The molecule has 2 heterocycles. The van der Waals surface area contributed by atoms with Crippen LogP contribution in [0.15, 0.2) is 40.8 Å². The highest BCUT2D eigenvalue weighted by atomic mass is 32.1. The normalized spacial score (nSPS) is 11.9. The Morgan fingerprint density at radius 2 is 1.89 bits per heavy atom. The zero-order valence-corrected chi connectivity index (χ0v) is 11.0. The van der Waals surface area contributed by atoms with E-state index in [4.69, 9.17) is 4.42 Å². The van der Waals surface area contributed by atoms with Gasteiger partial charge in [0, 0.05) is 29.8 Å². The summed E-state index contributed by atoms with van der Waals surface area (Å²) in [6, 6.07) is 12.6. The zero-order chi connectivity index (χ0) is 12.3. The van der Waals surface area contributed by atoms with Crippen LogP contribution in [0.25, 0.3) is 32.2 Å². The first kappa shape index (κ1) is 10.1. The summed E-state index contributed by atoms with van der Waals surface area (Å²) in [5.74, 6) is 0. The fourth-order valence-electron chi connectivity index (χ4n) is 2.48. The summed E-state index contributed by atoms with van der Waals surface area (Å²) in [5.41, 5.74) is 3.21. The lowest BCUT2D eigenvalue weighted by Gasteiger charge is -1.89. The molecule has 0 aliphatic carbocycles. The Balaban J connectivity index is 2.26. The van der Waals surface area contributed by atoms with Gasteiger partial charge in [-0.3, -0.25) is 0 Å². The van der Waals surface area contributed by atoms with Crippen molar-refractivity contribution in [3.8, 4) is 0 Å². The van der Waals surface area contributed by atoms with Gasteiger partial charge in [-0.05, 0) is 6.07 Å². The van der Waals surface area contributed by atoms with Crippen LogP contribution in [0, 0.1) is 6.92 Å². The van der Waals surface area contributed by atoms with Crippen molar-refractivity contribution in [1.82, 2.24) is 0 Å².